The van der Waals surface area contributed by atoms with Crippen LogP contribution in [0.2, 0.25) is 0 Å². The van der Waals surface area contributed by atoms with Gasteiger partial charge in [0.1, 0.15) is 0 Å². The monoisotopic (exact) mass is 207 g/mol. The Morgan fingerprint density at radius 3 is 1.88 bits per heavy atom. The van der Waals surface area contributed by atoms with Gasteiger partial charge in [-0.15, -0.1) is 0 Å². The van der Waals surface area contributed by atoms with Crippen molar-refractivity contribution in [1.82, 2.24) is 4.72 Å². The Hall–Kier alpha value is 1.23. The van der Waals surface area contributed by atoms with Gasteiger partial charge in [-0.2, -0.15) is 0 Å². The number of hydrogen-bond donors (Lipinski definition) is 1. The van der Waals surface area contributed by atoms with E-state index in [1.54, 1.807) is 4.72 Å². The van der Waals surface area contributed by atoms with Crippen molar-refractivity contribution in [3.8, 4) is 0 Å². The van der Waals surface area contributed by atoms with Crippen LogP contribution in [0.25, 0.3) is 0 Å². The average Bonchev–Trinajstić information content (AvgIpc) is 1.27. The number of carbonyl (C=O) groups is 1. The van der Waals surface area contributed by atoms with Crippen molar-refractivity contribution in [1.29, 1.82) is 0 Å². The number of amides is 1. The maximum absolute atomic E-state index is 9.75. The third kappa shape index (κ3) is 10.3. The fraction of sp³-hybridized carbons (Fsp3) is 0.500. The molecule has 0 rings (SSSR count). The van der Waals surface area contributed by atoms with Gasteiger partial charge in [-0.05, 0) is 0 Å². The zero-order valence-electron chi connectivity index (χ0n) is 4.63. The van der Waals surface area contributed by atoms with Crippen molar-refractivity contribution in [3.63, 3.8) is 0 Å². The molecule has 0 aliphatic rings. The Balaban J connectivity index is 0. The van der Waals surface area contributed by atoms with Gasteiger partial charge in [0.15, 0.2) is 0 Å². The summed E-state index contributed by atoms with van der Waals surface area (Å²) in [5.74, 6) is -0.576. The van der Waals surface area contributed by atoms with E-state index < -0.39 is 16.8 Å². The number of rotatable bonds is 1. The van der Waals surface area contributed by atoms with Crippen LogP contribution in [0.4, 0.5) is 0 Å². The Morgan fingerprint density at radius 1 is 1.50 bits per heavy atom. The zero-order chi connectivity index (χ0) is 5.86. The maximum atomic E-state index is 9.75. The van der Waals surface area contributed by atoms with Crippen LogP contribution in [0.15, 0.2) is 0 Å². The Bertz CT molecular complexity index is 134. The molecule has 1 amide bonds. The minimum atomic E-state index is -2.45. The molecule has 0 bridgehead atoms. The van der Waals surface area contributed by atoms with Gasteiger partial charge in [-0.25, -0.2) is 0 Å². The minimum Gasteiger partial charge on any atom is -0.403 e. The summed E-state index contributed by atoms with van der Waals surface area (Å²) in [6.45, 7) is 1.12. The van der Waals surface area contributed by atoms with E-state index in [9.17, 15) is 13.2 Å². The van der Waals surface area contributed by atoms with Crippen LogP contribution >= 0.6 is 0 Å². The summed E-state index contributed by atoms with van der Waals surface area (Å²) in [7, 11) is -2.45. The predicted molar refractivity (Wildman–Crippen MR) is 22.6 cm³/mol. The molecule has 8 heavy (non-hydrogen) atoms. The Morgan fingerprint density at radius 2 is 1.88 bits per heavy atom. The fourth-order valence-corrected chi connectivity index (χ4v) is 0.352. The van der Waals surface area contributed by atoms with E-state index in [4.69, 9.17) is 0 Å². The number of nitrogens with one attached hydrogen (secondary N) is 1. The normalized spacial score (nSPS) is 7.75. The van der Waals surface area contributed by atoms with Crippen LogP contribution in [0.3, 0.4) is 0 Å². The van der Waals surface area contributed by atoms with Crippen molar-refractivity contribution in [3.05, 3.63) is 0 Å². The van der Waals surface area contributed by atoms with E-state index >= 15 is 0 Å². The van der Waals surface area contributed by atoms with Crippen LogP contribution in [-0.2, 0) is 24.1 Å². The Kier molecular flexibility index (Phi) is 9.48. The Labute approximate surface area is 97.9 Å². The molecule has 0 aliphatic carbocycles. The van der Waals surface area contributed by atoms with Gasteiger partial charge in [0.05, 0.1) is 0 Å². The first-order valence-electron chi connectivity index (χ1n) is 1.49. The second-order valence-corrected chi connectivity index (χ2v) is 1.57. The van der Waals surface area contributed by atoms with Crippen LogP contribution in [0.1, 0.15) is 6.92 Å². The summed E-state index contributed by atoms with van der Waals surface area (Å²) in [6.07, 6.45) is 0. The maximum Gasteiger partial charge on any atom is 1.00 e. The van der Waals surface area contributed by atoms with Crippen LogP contribution in [0.5, 0.6) is 0 Å². The van der Waals surface area contributed by atoms with Crippen LogP contribution < -0.4 is 62.9 Å². The van der Waals surface area contributed by atoms with Crippen LogP contribution in [0, 0.1) is 0 Å². The first-order chi connectivity index (χ1) is 3.13. The molecule has 0 aromatic carbocycles. The molecule has 0 aromatic rings. The average molecular weight is 208 g/mol. The third-order valence-electron chi connectivity index (χ3n) is 0.227. The number of carbonyl (C=O) groups excluding carboxylic acids is 1. The molecule has 4 nitrogen and oxygen atoms in total. The molecular formula is C2H4NO3RbS. The standard InChI is InChI=1S/C2H4NO3S.Rb/c1-2(4)3-7(5)6;/h1H3,(H,3,4,5,6);/q-1;+1. The first-order valence-corrected chi connectivity index (χ1v) is 2.57. The summed E-state index contributed by atoms with van der Waals surface area (Å²) >= 11 is 0. The van der Waals surface area contributed by atoms with Gasteiger partial charge in [-0.3, -0.25) is 4.79 Å². The van der Waals surface area contributed by atoms with Gasteiger partial charge in [-0.1, -0.05) is 0 Å². The van der Waals surface area contributed by atoms with E-state index in [0.717, 1.165) is 6.92 Å². The summed E-state index contributed by atoms with van der Waals surface area (Å²) in [6, 6.07) is 0. The summed E-state index contributed by atoms with van der Waals surface area (Å²) in [5.41, 5.74) is 0. The van der Waals surface area contributed by atoms with E-state index in [0.29, 0.717) is 0 Å². The zero-order valence-corrected chi connectivity index (χ0v) is 10.4. The largest absolute Gasteiger partial charge is 1.00 e. The van der Waals surface area contributed by atoms with E-state index in [1.807, 2.05) is 0 Å². The molecule has 0 saturated carbocycles. The molecule has 0 radical (unpaired) electrons. The van der Waals surface area contributed by atoms with Gasteiger partial charge in [0, 0.05) is 17.8 Å². The molecule has 1 N–H and O–H groups in total. The smallest absolute Gasteiger partial charge is 0.403 e. The molecule has 0 unspecified atom stereocenters. The summed E-state index contributed by atoms with van der Waals surface area (Å²) < 4.78 is 20.5. The van der Waals surface area contributed by atoms with E-state index in [2.05, 4.69) is 0 Å². The van der Waals surface area contributed by atoms with E-state index in [1.165, 1.54) is 0 Å². The fourth-order valence-electron chi connectivity index (χ4n) is 0.117. The topological polar surface area (TPSA) is 63.2 Å². The SMILES string of the molecule is CC(=O)N[S-](=O)=O.[Rb+]. The van der Waals surface area contributed by atoms with Gasteiger partial charge in [0.2, 0.25) is 5.91 Å². The van der Waals surface area contributed by atoms with Crippen LogP contribution in [-0.4, -0.2) is 5.91 Å². The molecule has 0 fully saturated rings. The van der Waals surface area contributed by atoms with Crippen molar-refractivity contribution in [2.75, 3.05) is 0 Å². The van der Waals surface area contributed by atoms with Crippen molar-refractivity contribution in [2.24, 2.45) is 0 Å². The van der Waals surface area contributed by atoms with Gasteiger partial charge >= 0.3 is 58.2 Å². The summed E-state index contributed by atoms with van der Waals surface area (Å²) in [4.78, 5) is 9.75. The number of hydrogen-bond acceptors (Lipinski definition) is 4. The van der Waals surface area contributed by atoms with E-state index in [-0.39, 0.29) is 58.2 Å². The molecule has 0 saturated heterocycles. The second kappa shape index (κ2) is 6.35. The molecule has 6 heteroatoms. The van der Waals surface area contributed by atoms with Crippen molar-refractivity contribution < 1.29 is 71.4 Å². The summed E-state index contributed by atoms with van der Waals surface area (Å²) in [5, 5.41) is 0. The molecule has 0 aliphatic heterocycles. The van der Waals surface area contributed by atoms with Crippen molar-refractivity contribution >= 4 is 16.8 Å². The van der Waals surface area contributed by atoms with Gasteiger partial charge < -0.3 is 13.1 Å². The predicted octanol–water partition coefficient (Wildman–Crippen LogP) is -3.65. The molecule has 0 atom stereocenters. The third-order valence-corrected chi connectivity index (χ3v) is 0.681. The molecular weight excluding hydrogens is 204 g/mol. The van der Waals surface area contributed by atoms with Gasteiger partial charge in [0.25, 0.3) is 0 Å². The second-order valence-electron chi connectivity index (χ2n) is 0.893. The first kappa shape index (κ1) is 12.0. The molecule has 0 heterocycles. The molecule has 0 spiro atoms. The molecule has 42 valence electrons. The molecule has 0 aromatic heterocycles. The quantitative estimate of drug-likeness (QED) is 0.451. The minimum absolute atomic E-state index is 0. The van der Waals surface area contributed by atoms with Crippen molar-refractivity contribution in [2.45, 2.75) is 6.92 Å².